The smallest absolute Gasteiger partial charge is 0.241 e. The molecule has 0 bridgehead atoms. The fourth-order valence-electron chi connectivity index (χ4n) is 3.12. The third-order valence-electron chi connectivity index (χ3n) is 4.33. The zero-order valence-electron chi connectivity index (χ0n) is 13.7. The van der Waals surface area contributed by atoms with Crippen LogP contribution in [0.15, 0.2) is 30.3 Å². The van der Waals surface area contributed by atoms with Crippen molar-refractivity contribution in [3.63, 3.8) is 0 Å². The molecule has 0 saturated carbocycles. The molecule has 1 fully saturated rings. The normalized spacial score (nSPS) is 23.9. The van der Waals surface area contributed by atoms with Crippen molar-refractivity contribution in [2.75, 3.05) is 0 Å². The van der Waals surface area contributed by atoms with Gasteiger partial charge in [0.15, 0.2) is 0 Å². The van der Waals surface area contributed by atoms with Gasteiger partial charge in [0, 0.05) is 6.04 Å². The summed E-state index contributed by atoms with van der Waals surface area (Å²) in [7, 11) is 0. The Balaban J connectivity index is 1.97. The second kappa shape index (κ2) is 7.08. The molecule has 1 aromatic rings. The van der Waals surface area contributed by atoms with E-state index in [2.05, 4.69) is 45.1 Å². The summed E-state index contributed by atoms with van der Waals surface area (Å²) in [5.41, 5.74) is 1.22. The number of benzene rings is 1. The molecule has 0 aromatic heterocycles. The molecule has 1 saturated heterocycles. The van der Waals surface area contributed by atoms with E-state index in [4.69, 9.17) is 0 Å². The lowest BCUT2D eigenvalue weighted by Gasteiger charge is -2.28. The average molecular weight is 288 g/mol. The molecule has 1 aliphatic rings. The van der Waals surface area contributed by atoms with Gasteiger partial charge in [-0.25, -0.2) is 0 Å². The summed E-state index contributed by atoms with van der Waals surface area (Å²) in [6.07, 6.45) is 3.15. The van der Waals surface area contributed by atoms with Crippen LogP contribution < -0.4 is 5.32 Å². The van der Waals surface area contributed by atoms with Crippen molar-refractivity contribution in [2.45, 2.75) is 65.2 Å². The molecular weight excluding hydrogens is 260 g/mol. The van der Waals surface area contributed by atoms with E-state index in [1.807, 2.05) is 23.1 Å². The van der Waals surface area contributed by atoms with Crippen LogP contribution in [-0.2, 0) is 11.2 Å². The zero-order valence-corrected chi connectivity index (χ0v) is 13.7. The average Bonchev–Trinajstić information content (AvgIpc) is 2.72. The molecule has 1 aliphatic heterocycles. The van der Waals surface area contributed by atoms with Gasteiger partial charge in [0.2, 0.25) is 5.91 Å². The maximum atomic E-state index is 12.7. The SMILES string of the molecule is CC(C)CCC(C)N1C(=O)C(Cc2ccccc2)NC1C. The van der Waals surface area contributed by atoms with Gasteiger partial charge in [0.25, 0.3) is 0 Å². The monoisotopic (exact) mass is 288 g/mol. The Hall–Kier alpha value is -1.35. The number of nitrogens with zero attached hydrogens (tertiary/aromatic N) is 1. The predicted octanol–water partition coefficient (Wildman–Crippen LogP) is 3.20. The van der Waals surface area contributed by atoms with Crippen molar-refractivity contribution < 1.29 is 4.79 Å². The molecule has 2 rings (SSSR count). The van der Waals surface area contributed by atoms with Crippen molar-refractivity contribution in [3.05, 3.63) is 35.9 Å². The first kappa shape index (κ1) is 16.0. The highest BCUT2D eigenvalue weighted by atomic mass is 16.2. The van der Waals surface area contributed by atoms with E-state index < -0.39 is 0 Å². The summed E-state index contributed by atoms with van der Waals surface area (Å²) in [6.45, 7) is 8.73. The van der Waals surface area contributed by atoms with Crippen LogP contribution >= 0.6 is 0 Å². The minimum atomic E-state index is -0.0797. The van der Waals surface area contributed by atoms with E-state index >= 15 is 0 Å². The molecule has 0 spiro atoms. The van der Waals surface area contributed by atoms with Gasteiger partial charge >= 0.3 is 0 Å². The third kappa shape index (κ3) is 4.07. The Morgan fingerprint density at radius 3 is 2.43 bits per heavy atom. The molecule has 3 unspecified atom stereocenters. The maximum Gasteiger partial charge on any atom is 0.241 e. The van der Waals surface area contributed by atoms with Crippen LogP contribution in [-0.4, -0.2) is 29.1 Å². The van der Waals surface area contributed by atoms with E-state index in [0.29, 0.717) is 12.0 Å². The van der Waals surface area contributed by atoms with E-state index in [0.717, 1.165) is 12.8 Å². The summed E-state index contributed by atoms with van der Waals surface area (Å²) < 4.78 is 0. The predicted molar refractivity (Wildman–Crippen MR) is 86.9 cm³/mol. The van der Waals surface area contributed by atoms with Crippen LogP contribution in [0, 0.1) is 5.92 Å². The van der Waals surface area contributed by atoms with E-state index in [1.165, 1.54) is 12.0 Å². The van der Waals surface area contributed by atoms with Gasteiger partial charge in [0.1, 0.15) is 0 Å². The van der Waals surface area contributed by atoms with Crippen molar-refractivity contribution in [2.24, 2.45) is 5.92 Å². The number of rotatable bonds is 6. The largest absolute Gasteiger partial charge is 0.323 e. The first-order chi connectivity index (χ1) is 9.99. The number of carbonyl (C=O) groups is 1. The van der Waals surface area contributed by atoms with Crippen LogP contribution in [0.3, 0.4) is 0 Å². The van der Waals surface area contributed by atoms with E-state index in [9.17, 15) is 4.79 Å². The minimum absolute atomic E-state index is 0.0797. The molecule has 0 radical (unpaired) electrons. The Morgan fingerprint density at radius 1 is 1.14 bits per heavy atom. The molecule has 1 heterocycles. The Labute approximate surface area is 128 Å². The quantitative estimate of drug-likeness (QED) is 0.872. The molecule has 0 aliphatic carbocycles. The molecule has 116 valence electrons. The summed E-state index contributed by atoms with van der Waals surface area (Å²) in [4.78, 5) is 14.7. The number of nitrogens with one attached hydrogen (secondary N) is 1. The van der Waals surface area contributed by atoms with Gasteiger partial charge in [-0.3, -0.25) is 10.1 Å². The maximum absolute atomic E-state index is 12.7. The number of amides is 1. The molecular formula is C18H28N2O. The van der Waals surface area contributed by atoms with Crippen LogP contribution in [0.2, 0.25) is 0 Å². The third-order valence-corrected chi connectivity index (χ3v) is 4.33. The summed E-state index contributed by atoms with van der Waals surface area (Å²) in [6, 6.07) is 10.5. The van der Waals surface area contributed by atoms with Crippen LogP contribution in [0.1, 0.15) is 46.1 Å². The molecule has 3 heteroatoms. The summed E-state index contributed by atoms with van der Waals surface area (Å²) in [5, 5.41) is 3.45. The Bertz CT molecular complexity index is 458. The lowest BCUT2D eigenvalue weighted by molar-refractivity contribution is -0.131. The number of hydrogen-bond donors (Lipinski definition) is 1. The molecule has 3 atom stereocenters. The Morgan fingerprint density at radius 2 is 1.81 bits per heavy atom. The number of hydrogen-bond acceptors (Lipinski definition) is 2. The van der Waals surface area contributed by atoms with Gasteiger partial charge in [-0.1, -0.05) is 44.2 Å². The molecule has 1 amide bonds. The summed E-state index contributed by atoms with van der Waals surface area (Å²) in [5.74, 6) is 0.941. The summed E-state index contributed by atoms with van der Waals surface area (Å²) >= 11 is 0. The van der Waals surface area contributed by atoms with Crippen molar-refractivity contribution in [1.29, 1.82) is 0 Å². The molecule has 1 aromatic carbocycles. The highest BCUT2D eigenvalue weighted by Gasteiger charge is 2.38. The molecule has 1 N–H and O–H groups in total. The topological polar surface area (TPSA) is 32.3 Å². The van der Waals surface area contributed by atoms with Crippen molar-refractivity contribution in [1.82, 2.24) is 10.2 Å². The molecule has 21 heavy (non-hydrogen) atoms. The van der Waals surface area contributed by atoms with Gasteiger partial charge in [-0.2, -0.15) is 0 Å². The minimum Gasteiger partial charge on any atom is -0.323 e. The van der Waals surface area contributed by atoms with Crippen LogP contribution in [0.4, 0.5) is 0 Å². The fourth-order valence-corrected chi connectivity index (χ4v) is 3.12. The van der Waals surface area contributed by atoms with Gasteiger partial charge in [-0.05, 0) is 44.6 Å². The van der Waals surface area contributed by atoms with Crippen molar-refractivity contribution in [3.8, 4) is 0 Å². The second-order valence-corrected chi connectivity index (χ2v) is 6.65. The van der Waals surface area contributed by atoms with Crippen LogP contribution in [0.25, 0.3) is 0 Å². The van der Waals surface area contributed by atoms with Gasteiger partial charge in [0.05, 0.1) is 12.2 Å². The first-order valence-corrected chi connectivity index (χ1v) is 8.11. The van der Waals surface area contributed by atoms with Crippen molar-refractivity contribution >= 4 is 5.91 Å². The highest BCUT2D eigenvalue weighted by Crippen LogP contribution is 2.21. The second-order valence-electron chi connectivity index (χ2n) is 6.65. The first-order valence-electron chi connectivity index (χ1n) is 8.11. The zero-order chi connectivity index (χ0) is 15.4. The van der Waals surface area contributed by atoms with E-state index in [-0.39, 0.29) is 18.1 Å². The standard InChI is InChI=1S/C18H28N2O/c1-13(2)10-11-14(3)20-15(4)19-17(18(20)21)12-16-8-6-5-7-9-16/h5-9,13-15,17,19H,10-12H2,1-4H3. The molecule has 3 nitrogen and oxygen atoms in total. The Kier molecular flexibility index (Phi) is 5.40. The van der Waals surface area contributed by atoms with Gasteiger partial charge in [-0.15, -0.1) is 0 Å². The van der Waals surface area contributed by atoms with Crippen LogP contribution in [0.5, 0.6) is 0 Å². The lowest BCUT2D eigenvalue weighted by Crippen LogP contribution is -2.41. The van der Waals surface area contributed by atoms with E-state index in [1.54, 1.807) is 0 Å². The fraction of sp³-hybridized carbons (Fsp3) is 0.611. The lowest BCUT2D eigenvalue weighted by atomic mass is 10.0. The van der Waals surface area contributed by atoms with Gasteiger partial charge < -0.3 is 4.90 Å². The number of carbonyl (C=O) groups excluding carboxylic acids is 1. The highest BCUT2D eigenvalue weighted by molar-refractivity contribution is 5.84.